The number of hydrogen-bond acceptors (Lipinski definition) is 7. The van der Waals surface area contributed by atoms with Crippen molar-refractivity contribution in [2.24, 2.45) is 0 Å². The molecule has 180 valence electrons. The second-order valence-corrected chi connectivity index (χ2v) is 9.54. The van der Waals surface area contributed by atoms with Crippen molar-refractivity contribution in [1.29, 1.82) is 0 Å². The summed E-state index contributed by atoms with van der Waals surface area (Å²) in [6, 6.07) is 15.6. The smallest absolute Gasteiger partial charge is 0.261 e. The summed E-state index contributed by atoms with van der Waals surface area (Å²) in [5, 5.41) is 3.26. The lowest BCUT2D eigenvalue weighted by molar-refractivity contribution is 0.0640. The minimum absolute atomic E-state index is 0.0702. The maximum absolute atomic E-state index is 13.0. The van der Waals surface area contributed by atoms with E-state index in [1.165, 1.54) is 29.5 Å². The number of nitrogens with one attached hydrogen (secondary N) is 1. The van der Waals surface area contributed by atoms with Crippen LogP contribution in [0.3, 0.4) is 0 Å². The largest absolute Gasteiger partial charge is 0.496 e. The topological polar surface area (TPSA) is 101 Å². The number of thiazole rings is 1. The lowest BCUT2D eigenvalue weighted by Crippen LogP contribution is -2.29. The van der Waals surface area contributed by atoms with Crippen LogP contribution >= 0.6 is 11.3 Å². The molecule has 0 saturated carbocycles. The number of amides is 3. The average Bonchev–Trinajstić information content (AvgIpc) is 3.36. The van der Waals surface area contributed by atoms with Crippen LogP contribution in [0.2, 0.25) is 0 Å². The number of pyridine rings is 1. The first-order valence-corrected chi connectivity index (χ1v) is 12.0. The van der Waals surface area contributed by atoms with E-state index >= 15 is 0 Å². The van der Waals surface area contributed by atoms with Gasteiger partial charge in [-0.2, -0.15) is 0 Å². The van der Waals surface area contributed by atoms with E-state index in [1.807, 2.05) is 32.0 Å². The molecule has 3 amide bonds. The zero-order chi connectivity index (χ0) is 25.4. The molecule has 4 aromatic rings. The van der Waals surface area contributed by atoms with Crippen LogP contribution in [-0.4, -0.2) is 39.7 Å². The summed E-state index contributed by atoms with van der Waals surface area (Å²) in [5.74, 6) is -0.462. The Bertz CT molecular complexity index is 1510. The Morgan fingerprint density at radius 3 is 2.56 bits per heavy atom. The highest BCUT2D eigenvalue weighted by atomic mass is 32.1. The van der Waals surface area contributed by atoms with Crippen LogP contribution in [-0.2, 0) is 6.54 Å². The number of imide groups is 1. The number of fused-ring (bicyclic) bond motifs is 1. The van der Waals surface area contributed by atoms with Gasteiger partial charge in [-0.3, -0.25) is 29.6 Å². The van der Waals surface area contributed by atoms with Crippen LogP contribution in [0.5, 0.6) is 5.75 Å². The Morgan fingerprint density at radius 1 is 1.03 bits per heavy atom. The number of benzene rings is 2. The first kappa shape index (κ1) is 23.4. The van der Waals surface area contributed by atoms with Gasteiger partial charge in [0.1, 0.15) is 5.75 Å². The van der Waals surface area contributed by atoms with Gasteiger partial charge in [0.05, 0.1) is 36.2 Å². The number of ether oxygens (including phenoxy) is 1. The van der Waals surface area contributed by atoms with Crippen molar-refractivity contribution in [2.75, 3.05) is 12.4 Å². The zero-order valence-electron chi connectivity index (χ0n) is 19.9. The quantitative estimate of drug-likeness (QED) is 0.380. The molecular weight excluding hydrogens is 476 g/mol. The van der Waals surface area contributed by atoms with Crippen molar-refractivity contribution in [1.82, 2.24) is 14.9 Å². The molecule has 0 radical (unpaired) electrons. The highest BCUT2D eigenvalue weighted by Crippen LogP contribution is 2.33. The molecule has 2 aromatic heterocycles. The molecular formula is C27H22N4O4S. The van der Waals surface area contributed by atoms with Gasteiger partial charge in [-0.15, -0.1) is 11.3 Å². The van der Waals surface area contributed by atoms with Gasteiger partial charge in [0, 0.05) is 22.2 Å². The predicted octanol–water partition coefficient (Wildman–Crippen LogP) is 4.88. The first-order chi connectivity index (χ1) is 17.4. The SMILES string of the molecule is COc1ccc(-c2nc(NC(=O)c3ccc4c(c3)C(=O)N(Cc3ccccn3)C4=O)sc2C)cc1C. The third-order valence-corrected chi connectivity index (χ3v) is 6.85. The average molecular weight is 499 g/mol. The summed E-state index contributed by atoms with van der Waals surface area (Å²) >= 11 is 1.37. The lowest BCUT2D eigenvalue weighted by Gasteiger charge is -2.12. The molecule has 5 rings (SSSR count). The minimum atomic E-state index is -0.447. The fourth-order valence-corrected chi connectivity index (χ4v) is 4.97. The lowest BCUT2D eigenvalue weighted by atomic mass is 10.1. The zero-order valence-corrected chi connectivity index (χ0v) is 20.7. The van der Waals surface area contributed by atoms with E-state index in [4.69, 9.17) is 4.74 Å². The van der Waals surface area contributed by atoms with E-state index in [0.29, 0.717) is 10.8 Å². The Kier molecular flexibility index (Phi) is 6.07. The van der Waals surface area contributed by atoms with Crippen LogP contribution < -0.4 is 10.1 Å². The Morgan fingerprint density at radius 2 is 1.83 bits per heavy atom. The molecule has 3 heterocycles. The predicted molar refractivity (Wildman–Crippen MR) is 136 cm³/mol. The molecule has 9 heteroatoms. The number of carbonyl (C=O) groups is 3. The van der Waals surface area contributed by atoms with Crippen LogP contribution in [0.15, 0.2) is 60.8 Å². The first-order valence-electron chi connectivity index (χ1n) is 11.2. The van der Waals surface area contributed by atoms with Crippen molar-refractivity contribution in [3.05, 3.63) is 93.6 Å². The van der Waals surface area contributed by atoms with Crippen molar-refractivity contribution >= 4 is 34.2 Å². The Balaban J connectivity index is 1.35. The molecule has 2 aromatic carbocycles. The molecule has 8 nitrogen and oxygen atoms in total. The van der Waals surface area contributed by atoms with Gasteiger partial charge in [-0.25, -0.2) is 4.98 Å². The summed E-state index contributed by atoms with van der Waals surface area (Å²) < 4.78 is 5.33. The molecule has 1 aliphatic heterocycles. The van der Waals surface area contributed by atoms with E-state index in [9.17, 15) is 14.4 Å². The number of aromatic nitrogens is 2. The second-order valence-electron chi connectivity index (χ2n) is 8.34. The molecule has 0 fully saturated rings. The molecule has 0 unspecified atom stereocenters. The van der Waals surface area contributed by atoms with E-state index in [0.717, 1.165) is 32.3 Å². The number of carbonyl (C=O) groups excluding carboxylic acids is 3. The highest BCUT2D eigenvalue weighted by Gasteiger charge is 2.36. The normalized spacial score (nSPS) is 12.6. The maximum Gasteiger partial charge on any atom is 0.261 e. The summed E-state index contributed by atoms with van der Waals surface area (Å²) in [5.41, 5.74) is 4.04. The number of aryl methyl sites for hydroxylation is 2. The van der Waals surface area contributed by atoms with Gasteiger partial charge in [0.15, 0.2) is 5.13 Å². The van der Waals surface area contributed by atoms with Gasteiger partial charge in [-0.1, -0.05) is 6.07 Å². The molecule has 0 bridgehead atoms. The third kappa shape index (κ3) is 4.25. The van der Waals surface area contributed by atoms with Crippen molar-refractivity contribution < 1.29 is 19.1 Å². The number of hydrogen-bond donors (Lipinski definition) is 1. The van der Waals surface area contributed by atoms with E-state index in [2.05, 4.69) is 15.3 Å². The number of nitrogens with zero attached hydrogens (tertiary/aromatic N) is 3. The molecule has 0 atom stereocenters. The van der Waals surface area contributed by atoms with E-state index in [1.54, 1.807) is 31.5 Å². The van der Waals surface area contributed by atoms with Crippen molar-refractivity contribution in [2.45, 2.75) is 20.4 Å². The van der Waals surface area contributed by atoms with Crippen LogP contribution in [0.4, 0.5) is 5.13 Å². The minimum Gasteiger partial charge on any atom is -0.496 e. The van der Waals surface area contributed by atoms with E-state index in [-0.39, 0.29) is 23.2 Å². The fraction of sp³-hybridized carbons (Fsp3) is 0.148. The van der Waals surface area contributed by atoms with Crippen LogP contribution in [0.25, 0.3) is 11.3 Å². The highest BCUT2D eigenvalue weighted by molar-refractivity contribution is 7.16. The molecule has 0 saturated heterocycles. The summed E-state index contributed by atoms with van der Waals surface area (Å²) in [6.45, 7) is 3.98. The standard InChI is InChI=1S/C27H22N4O4S/c1-15-12-17(8-10-22(15)35-3)23-16(2)36-27(29-23)30-24(32)18-7-9-20-21(13-18)26(34)31(25(20)33)14-19-6-4-5-11-28-19/h4-13H,14H2,1-3H3,(H,29,30,32). The van der Waals surface area contributed by atoms with Crippen LogP contribution in [0, 0.1) is 13.8 Å². The van der Waals surface area contributed by atoms with Gasteiger partial charge in [0.2, 0.25) is 0 Å². The van der Waals surface area contributed by atoms with Gasteiger partial charge >= 0.3 is 0 Å². The molecule has 0 aliphatic carbocycles. The Labute approximate surface area is 211 Å². The molecule has 0 spiro atoms. The van der Waals surface area contributed by atoms with Gasteiger partial charge < -0.3 is 4.74 Å². The third-order valence-electron chi connectivity index (χ3n) is 5.96. The van der Waals surface area contributed by atoms with Gasteiger partial charge in [0.25, 0.3) is 17.7 Å². The maximum atomic E-state index is 13.0. The van der Waals surface area contributed by atoms with E-state index < -0.39 is 17.7 Å². The molecule has 36 heavy (non-hydrogen) atoms. The monoisotopic (exact) mass is 498 g/mol. The second kappa shape index (κ2) is 9.35. The fourth-order valence-electron chi connectivity index (χ4n) is 4.14. The Hall–Kier alpha value is -4.37. The van der Waals surface area contributed by atoms with Crippen molar-refractivity contribution in [3.63, 3.8) is 0 Å². The summed E-state index contributed by atoms with van der Waals surface area (Å²) in [6.07, 6.45) is 1.61. The molecule has 1 aliphatic rings. The summed E-state index contributed by atoms with van der Waals surface area (Å²) in [4.78, 5) is 49.6. The molecule has 1 N–H and O–H groups in total. The number of rotatable bonds is 6. The summed E-state index contributed by atoms with van der Waals surface area (Å²) in [7, 11) is 1.63. The number of anilines is 1. The number of methoxy groups -OCH3 is 1. The van der Waals surface area contributed by atoms with Gasteiger partial charge in [-0.05, 0) is 67.9 Å². The van der Waals surface area contributed by atoms with Crippen LogP contribution in [0.1, 0.15) is 47.2 Å². The van der Waals surface area contributed by atoms with Crippen molar-refractivity contribution in [3.8, 4) is 17.0 Å².